The van der Waals surface area contributed by atoms with Gasteiger partial charge < -0.3 is 20.8 Å². The fourth-order valence-corrected chi connectivity index (χ4v) is 5.44. The third-order valence-corrected chi connectivity index (χ3v) is 6.61. The number of nitrogens with one attached hydrogen (secondary N) is 2. The molecule has 3 rings (SSSR count). The number of benzene rings is 2. The number of phenols is 2. The molecular weight excluding hydrogens is 484 g/mol. The molecule has 0 atom stereocenters. The highest BCUT2D eigenvalue weighted by Gasteiger charge is 2.27. The van der Waals surface area contributed by atoms with Crippen LogP contribution < -0.4 is 10.6 Å². The summed E-state index contributed by atoms with van der Waals surface area (Å²) in [6, 6.07) is 7.37. The quantitative estimate of drug-likeness (QED) is 0.272. The van der Waals surface area contributed by atoms with Gasteiger partial charge >= 0.3 is 6.03 Å². The fourth-order valence-electron chi connectivity index (χ4n) is 5.44. The Hall–Kier alpha value is -3.21. The Labute approximate surface area is 237 Å². The van der Waals surface area contributed by atoms with E-state index in [1.165, 1.54) is 22.3 Å². The standard InChI is InChI=1S/2C12H18O.C10H16N2O/c1-8-7-11(13)9(2)6-10(8)12(3,4)5;1-8-6-10(13)7-9(2)11(8)12(3,4)5;1-6-8(10(3,4)5)7(2)12-9(13)11-6/h2*6-7,13H,1-5H3;1H2,2-5H3,(H2,11,12,13). The average molecular weight is 537 g/mol. The lowest BCUT2D eigenvalue weighted by atomic mass is 9.81. The van der Waals surface area contributed by atoms with Crippen LogP contribution in [0.3, 0.4) is 0 Å². The van der Waals surface area contributed by atoms with Crippen LogP contribution in [0.5, 0.6) is 11.5 Å². The molecule has 216 valence electrons. The Morgan fingerprint density at radius 3 is 1.51 bits per heavy atom. The monoisotopic (exact) mass is 536 g/mol. The second-order valence-corrected chi connectivity index (χ2v) is 13.7. The summed E-state index contributed by atoms with van der Waals surface area (Å²) in [7, 11) is 0. The Bertz CT molecular complexity index is 1220. The van der Waals surface area contributed by atoms with Crippen molar-refractivity contribution in [3.8, 4) is 11.5 Å². The van der Waals surface area contributed by atoms with Crippen LogP contribution in [0.25, 0.3) is 0 Å². The molecule has 1 aliphatic rings. The van der Waals surface area contributed by atoms with E-state index in [0.717, 1.165) is 22.4 Å². The van der Waals surface area contributed by atoms with Crippen molar-refractivity contribution >= 4 is 6.03 Å². The van der Waals surface area contributed by atoms with Gasteiger partial charge in [0, 0.05) is 11.4 Å². The summed E-state index contributed by atoms with van der Waals surface area (Å²) in [5.74, 6) is 0.758. The van der Waals surface area contributed by atoms with Crippen LogP contribution in [0.4, 0.5) is 4.79 Å². The van der Waals surface area contributed by atoms with Crippen molar-refractivity contribution in [1.82, 2.24) is 10.6 Å². The molecule has 0 radical (unpaired) electrons. The molecule has 0 aromatic heterocycles. The van der Waals surface area contributed by atoms with Crippen molar-refractivity contribution in [2.45, 2.75) is 108 Å². The van der Waals surface area contributed by atoms with E-state index in [1.54, 1.807) is 0 Å². The Morgan fingerprint density at radius 1 is 0.641 bits per heavy atom. The number of carbonyl (C=O) groups excluding carboxylic acids is 1. The zero-order valence-corrected chi connectivity index (χ0v) is 26.8. The Balaban J connectivity index is 0.000000292. The minimum Gasteiger partial charge on any atom is -0.508 e. The molecule has 0 aliphatic carbocycles. The first kappa shape index (κ1) is 33.8. The summed E-state index contributed by atoms with van der Waals surface area (Å²) >= 11 is 0. The summed E-state index contributed by atoms with van der Waals surface area (Å²) in [5.41, 5.74) is 10.1. The molecule has 2 aromatic rings. The van der Waals surface area contributed by atoms with Crippen LogP contribution in [0.15, 0.2) is 47.8 Å². The van der Waals surface area contributed by atoms with Gasteiger partial charge in [-0.25, -0.2) is 4.79 Å². The first-order chi connectivity index (χ1) is 17.5. The molecule has 0 unspecified atom stereocenters. The van der Waals surface area contributed by atoms with E-state index < -0.39 is 0 Å². The predicted molar refractivity (Wildman–Crippen MR) is 166 cm³/mol. The van der Waals surface area contributed by atoms with Crippen LogP contribution >= 0.6 is 0 Å². The third-order valence-electron chi connectivity index (χ3n) is 6.61. The van der Waals surface area contributed by atoms with Crippen molar-refractivity contribution < 1.29 is 15.0 Å². The highest BCUT2D eigenvalue weighted by atomic mass is 16.3. The molecule has 1 aliphatic heterocycles. The van der Waals surface area contributed by atoms with Gasteiger partial charge in [-0.1, -0.05) is 75.0 Å². The summed E-state index contributed by atoms with van der Waals surface area (Å²) < 4.78 is 0. The Kier molecular flexibility index (Phi) is 10.7. The highest BCUT2D eigenvalue weighted by molar-refractivity contribution is 5.81. The lowest BCUT2D eigenvalue weighted by Gasteiger charge is -2.31. The molecule has 39 heavy (non-hydrogen) atoms. The topological polar surface area (TPSA) is 81.6 Å². The van der Waals surface area contributed by atoms with E-state index in [4.69, 9.17) is 0 Å². The fraction of sp³-hybridized carbons (Fsp3) is 0.500. The number of urea groups is 1. The highest BCUT2D eigenvalue weighted by Crippen LogP contribution is 2.33. The molecule has 2 aromatic carbocycles. The SMILES string of the molecule is C=C1NC(=O)NC(C)=C1C(C)(C)C.Cc1cc(C(C)(C)C)c(C)cc1O.Cc1cc(O)cc(C)c1C(C)(C)C. The second-order valence-electron chi connectivity index (χ2n) is 13.7. The summed E-state index contributed by atoms with van der Waals surface area (Å²) in [4.78, 5) is 11.0. The van der Waals surface area contributed by atoms with E-state index in [2.05, 4.69) is 85.6 Å². The molecular formula is C34H52N2O3. The number of hydrogen-bond acceptors (Lipinski definition) is 3. The van der Waals surface area contributed by atoms with Gasteiger partial charge in [-0.05, 0) is 108 Å². The molecule has 0 saturated carbocycles. The van der Waals surface area contributed by atoms with E-state index >= 15 is 0 Å². The molecule has 0 spiro atoms. The number of aromatic hydroxyl groups is 2. The largest absolute Gasteiger partial charge is 0.508 e. The second kappa shape index (κ2) is 12.3. The maximum Gasteiger partial charge on any atom is 0.323 e. The normalized spacial score (nSPS) is 14.0. The van der Waals surface area contributed by atoms with Gasteiger partial charge in [-0.2, -0.15) is 0 Å². The van der Waals surface area contributed by atoms with Crippen LogP contribution in [-0.2, 0) is 10.8 Å². The van der Waals surface area contributed by atoms with E-state index in [-0.39, 0.29) is 22.3 Å². The van der Waals surface area contributed by atoms with Crippen molar-refractivity contribution in [3.63, 3.8) is 0 Å². The lowest BCUT2D eigenvalue weighted by Crippen LogP contribution is -2.41. The lowest BCUT2D eigenvalue weighted by molar-refractivity contribution is 0.243. The zero-order valence-electron chi connectivity index (χ0n) is 26.8. The molecule has 1 heterocycles. The summed E-state index contributed by atoms with van der Waals surface area (Å²) in [5, 5.41) is 24.3. The third kappa shape index (κ3) is 9.49. The van der Waals surface area contributed by atoms with Crippen molar-refractivity contribution in [2.24, 2.45) is 5.41 Å². The van der Waals surface area contributed by atoms with E-state index in [0.29, 0.717) is 17.2 Å². The van der Waals surface area contributed by atoms with Crippen LogP contribution in [-0.4, -0.2) is 16.2 Å². The number of hydrogen-bond donors (Lipinski definition) is 4. The van der Waals surface area contributed by atoms with Crippen LogP contribution in [0.2, 0.25) is 0 Å². The number of aryl methyl sites for hydroxylation is 4. The number of allylic oxidation sites excluding steroid dienone is 2. The average Bonchev–Trinajstić information content (AvgIpc) is 2.67. The first-order valence-corrected chi connectivity index (χ1v) is 13.6. The maximum atomic E-state index is 11.0. The van der Waals surface area contributed by atoms with Gasteiger partial charge in [0.25, 0.3) is 0 Å². The minimum atomic E-state index is -0.199. The minimum absolute atomic E-state index is 0.00185. The van der Waals surface area contributed by atoms with Crippen molar-refractivity contribution in [3.05, 3.63) is 81.2 Å². The molecule has 0 bridgehead atoms. The first-order valence-electron chi connectivity index (χ1n) is 13.6. The summed E-state index contributed by atoms with van der Waals surface area (Å²) in [6.45, 7) is 33.2. The molecule has 0 fully saturated rings. The van der Waals surface area contributed by atoms with Gasteiger partial charge in [0.1, 0.15) is 11.5 Å². The maximum absolute atomic E-state index is 11.0. The number of rotatable bonds is 0. The van der Waals surface area contributed by atoms with Gasteiger partial charge in [0.2, 0.25) is 0 Å². The predicted octanol–water partition coefficient (Wildman–Crippen LogP) is 8.75. The Morgan fingerprint density at radius 2 is 1.13 bits per heavy atom. The van der Waals surface area contributed by atoms with Crippen LogP contribution in [0, 0.1) is 33.1 Å². The molecule has 0 saturated heterocycles. The van der Waals surface area contributed by atoms with Gasteiger partial charge in [0.05, 0.1) is 0 Å². The van der Waals surface area contributed by atoms with Gasteiger partial charge in [0.15, 0.2) is 0 Å². The molecule has 5 nitrogen and oxygen atoms in total. The van der Waals surface area contributed by atoms with Crippen LogP contribution in [0.1, 0.15) is 103 Å². The molecule has 4 N–H and O–H groups in total. The molecule has 5 heteroatoms. The van der Waals surface area contributed by atoms with E-state index in [1.807, 2.05) is 52.8 Å². The van der Waals surface area contributed by atoms with Gasteiger partial charge in [-0.3, -0.25) is 0 Å². The summed E-state index contributed by atoms with van der Waals surface area (Å²) in [6.07, 6.45) is 0. The van der Waals surface area contributed by atoms with E-state index in [9.17, 15) is 15.0 Å². The van der Waals surface area contributed by atoms with Crippen molar-refractivity contribution in [1.29, 1.82) is 0 Å². The number of phenolic OH excluding ortho intramolecular Hbond substituents is 2. The number of carbonyl (C=O) groups is 1. The number of amides is 2. The molecule has 2 amide bonds. The smallest absolute Gasteiger partial charge is 0.323 e. The van der Waals surface area contributed by atoms with Crippen molar-refractivity contribution in [2.75, 3.05) is 0 Å². The van der Waals surface area contributed by atoms with Gasteiger partial charge in [-0.15, -0.1) is 0 Å². The zero-order chi connectivity index (χ0) is 30.7.